The fourth-order valence-electron chi connectivity index (χ4n) is 3.94. The third-order valence-electron chi connectivity index (χ3n) is 5.96. The van der Waals surface area contributed by atoms with Crippen molar-refractivity contribution in [1.82, 2.24) is 10.2 Å². The molecule has 160 valence electrons. The lowest BCUT2D eigenvalue weighted by Gasteiger charge is -2.39. The Hall–Kier alpha value is -2.82. The van der Waals surface area contributed by atoms with Gasteiger partial charge in [0.1, 0.15) is 5.75 Å². The van der Waals surface area contributed by atoms with E-state index in [4.69, 9.17) is 4.74 Å². The van der Waals surface area contributed by atoms with Crippen LogP contribution in [0, 0.1) is 12.3 Å². The van der Waals surface area contributed by atoms with Gasteiger partial charge in [-0.1, -0.05) is 42.0 Å². The fourth-order valence-corrected chi connectivity index (χ4v) is 3.94. The molecule has 2 aromatic carbocycles. The van der Waals surface area contributed by atoms with Gasteiger partial charge in [-0.25, -0.2) is 0 Å². The normalized spacial score (nSPS) is 18.7. The zero-order valence-corrected chi connectivity index (χ0v) is 18.2. The molecule has 0 bridgehead atoms. The number of carbonyl (C=O) groups is 2. The maximum absolute atomic E-state index is 12.9. The molecular weight excluding hydrogens is 376 g/mol. The van der Waals surface area contributed by atoms with Crippen LogP contribution in [0.4, 0.5) is 0 Å². The summed E-state index contributed by atoms with van der Waals surface area (Å²) in [4.78, 5) is 27.6. The number of benzene rings is 2. The summed E-state index contributed by atoms with van der Waals surface area (Å²) in [6.07, 6.45) is 2.79. The molecule has 1 atom stereocenters. The third-order valence-corrected chi connectivity index (χ3v) is 5.96. The second-order valence-electron chi connectivity index (χ2n) is 8.50. The number of piperidine rings is 1. The van der Waals surface area contributed by atoms with Crippen LogP contribution in [-0.4, -0.2) is 36.9 Å². The summed E-state index contributed by atoms with van der Waals surface area (Å²) in [5, 5.41) is 3.07. The summed E-state index contributed by atoms with van der Waals surface area (Å²) in [7, 11) is 1.64. The number of ether oxygens (including phenoxy) is 1. The summed E-state index contributed by atoms with van der Waals surface area (Å²) in [5.41, 5.74) is 2.85. The summed E-state index contributed by atoms with van der Waals surface area (Å²) in [6.45, 7) is 5.74. The SMILES string of the molecule is COc1ccc(CCC(=O)N2CCC[C@](C)(C(=O)NCc3ccc(C)cc3)C2)cc1. The van der Waals surface area contributed by atoms with Crippen LogP contribution in [0.5, 0.6) is 5.75 Å². The molecule has 1 aliphatic heterocycles. The molecule has 2 aromatic rings. The largest absolute Gasteiger partial charge is 0.497 e. The maximum atomic E-state index is 12.9. The van der Waals surface area contributed by atoms with E-state index in [2.05, 4.69) is 5.32 Å². The van der Waals surface area contributed by atoms with E-state index in [0.717, 1.165) is 36.3 Å². The van der Waals surface area contributed by atoms with Crippen LogP contribution in [0.2, 0.25) is 0 Å². The molecule has 0 aromatic heterocycles. The summed E-state index contributed by atoms with van der Waals surface area (Å²) in [5.74, 6) is 0.951. The van der Waals surface area contributed by atoms with Gasteiger partial charge in [-0.05, 0) is 56.4 Å². The van der Waals surface area contributed by atoms with Gasteiger partial charge < -0.3 is 15.0 Å². The van der Waals surface area contributed by atoms with Gasteiger partial charge in [-0.3, -0.25) is 9.59 Å². The van der Waals surface area contributed by atoms with E-state index in [1.54, 1.807) is 7.11 Å². The molecule has 5 heteroatoms. The second-order valence-corrected chi connectivity index (χ2v) is 8.50. The van der Waals surface area contributed by atoms with Crippen LogP contribution >= 0.6 is 0 Å². The molecule has 1 N–H and O–H groups in total. The van der Waals surface area contributed by atoms with Gasteiger partial charge in [-0.15, -0.1) is 0 Å². The number of hydrogen-bond donors (Lipinski definition) is 1. The van der Waals surface area contributed by atoms with Crippen molar-refractivity contribution in [3.63, 3.8) is 0 Å². The highest BCUT2D eigenvalue weighted by atomic mass is 16.5. The minimum Gasteiger partial charge on any atom is -0.497 e. The first-order chi connectivity index (χ1) is 14.4. The Morgan fingerprint density at radius 2 is 1.73 bits per heavy atom. The average Bonchev–Trinajstić information content (AvgIpc) is 2.77. The summed E-state index contributed by atoms with van der Waals surface area (Å²) >= 11 is 0. The van der Waals surface area contributed by atoms with Crippen molar-refractivity contribution in [2.45, 2.75) is 46.1 Å². The van der Waals surface area contributed by atoms with Gasteiger partial charge in [0.25, 0.3) is 0 Å². The van der Waals surface area contributed by atoms with Crippen molar-refractivity contribution in [3.8, 4) is 5.75 Å². The van der Waals surface area contributed by atoms with Crippen LogP contribution in [0.1, 0.15) is 42.9 Å². The number of likely N-dealkylation sites (tertiary alicyclic amines) is 1. The van der Waals surface area contributed by atoms with Crippen molar-refractivity contribution < 1.29 is 14.3 Å². The monoisotopic (exact) mass is 408 g/mol. The predicted molar refractivity (Wildman–Crippen MR) is 118 cm³/mol. The molecular formula is C25H32N2O3. The molecule has 1 heterocycles. The number of nitrogens with one attached hydrogen (secondary N) is 1. The lowest BCUT2D eigenvalue weighted by Crippen LogP contribution is -2.51. The van der Waals surface area contributed by atoms with Crippen molar-refractivity contribution in [1.29, 1.82) is 0 Å². The highest BCUT2D eigenvalue weighted by Crippen LogP contribution is 2.30. The molecule has 30 heavy (non-hydrogen) atoms. The lowest BCUT2D eigenvalue weighted by atomic mass is 9.80. The van der Waals surface area contributed by atoms with Crippen LogP contribution in [0.3, 0.4) is 0 Å². The van der Waals surface area contributed by atoms with E-state index in [0.29, 0.717) is 25.9 Å². The van der Waals surface area contributed by atoms with E-state index < -0.39 is 5.41 Å². The minimum absolute atomic E-state index is 0.0238. The Morgan fingerprint density at radius 3 is 2.40 bits per heavy atom. The van der Waals surface area contributed by atoms with Crippen molar-refractivity contribution >= 4 is 11.8 Å². The number of hydrogen-bond acceptors (Lipinski definition) is 3. The van der Waals surface area contributed by atoms with Crippen molar-refractivity contribution in [2.24, 2.45) is 5.41 Å². The zero-order chi connectivity index (χ0) is 21.6. The maximum Gasteiger partial charge on any atom is 0.227 e. The molecule has 1 aliphatic rings. The first-order valence-corrected chi connectivity index (χ1v) is 10.6. The Morgan fingerprint density at radius 1 is 1.07 bits per heavy atom. The predicted octanol–water partition coefficient (Wildman–Crippen LogP) is 3.88. The fraction of sp³-hybridized carbons (Fsp3) is 0.440. The van der Waals surface area contributed by atoms with Crippen LogP contribution in [0.25, 0.3) is 0 Å². The van der Waals surface area contributed by atoms with E-state index in [1.807, 2.05) is 67.3 Å². The number of nitrogens with zero attached hydrogens (tertiary/aromatic N) is 1. The van der Waals surface area contributed by atoms with Gasteiger partial charge in [0.05, 0.1) is 12.5 Å². The lowest BCUT2D eigenvalue weighted by molar-refractivity contribution is -0.140. The van der Waals surface area contributed by atoms with Crippen LogP contribution in [-0.2, 0) is 22.6 Å². The molecule has 0 unspecified atom stereocenters. The van der Waals surface area contributed by atoms with Crippen LogP contribution < -0.4 is 10.1 Å². The second kappa shape index (κ2) is 9.79. The topological polar surface area (TPSA) is 58.6 Å². The van der Waals surface area contributed by atoms with E-state index in [-0.39, 0.29) is 11.8 Å². The molecule has 1 fully saturated rings. The van der Waals surface area contributed by atoms with E-state index in [9.17, 15) is 9.59 Å². The van der Waals surface area contributed by atoms with Gasteiger partial charge >= 0.3 is 0 Å². The van der Waals surface area contributed by atoms with Crippen molar-refractivity contribution in [2.75, 3.05) is 20.2 Å². The number of amides is 2. The Labute approximate surface area is 179 Å². The first kappa shape index (κ1) is 21.9. The molecule has 0 aliphatic carbocycles. The zero-order valence-electron chi connectivity index (χ0n) is 18.2. The molecule has 0 saturated carbocycles. The van der Waals surface area contributed by atoms with Gasteiger partial charge in [0, 0.05) is 26.1 Å². The molecule has 2 amide bonds. The molecule has 3 rings (SSSR count). The molecule has 0 radical (unpaired) electrons. The number of carbonyl (C=O) groups excluding carboxylic acids is 2. The van der Waals surface area contributed by atoms with Crippen molar-refractivity contribution in [3.05, 3.63) is 65.2 Å². The number of aryl methyl sites for hydroxylation is 2. The van der Waals surface area contributed by atoms with E-state index >= 15 is 0 Å². The summed E-state index contributed by atoms with van der Waals surface area (Å²) < 4.78 is 5.18. The minimum atomic E-state index is -0.543. The Kier molecular flexibility index (Phi) is 7.14. The summed E-state index contributed by atoms with van der Waals surface area (Å²) in [6, 6.07) is 16.0. The molecule has 0 spiro atoms. The van der Waals surface area contributed by atoms with E-state index in [1.165, 1.54) is 5.56 Å². The quantitative estimate of drug-likeness (QED) is 0.756. The molecule has 1 saturated heterocycles. The average molecular weight is 409 g/mol. The van der Waals surface area contributed by atoms with Crippen LogP contribution in [0.15, 0.2) is 48.5 Å². The highest BCUT2D eigenvalue weighted by molar-refractivity contribution is 5.84. The number of rotatable bonds is 7. The Balaban J connectivity index is 1.52. The van der Waals surface area contributed by atoms with Gasteiger partial charge in [0.15, 0.2) is 0 Å². The Bertz CT molecular complexity index is 861. The van der Waals surface area contributed by atoms with Gasteiger partial charge in [-0.2, -0.15) is 0 Å². The third kappa shape index (κ3) is 5.62. The number of methoxy groups -OCH3 is 1. The standard InChI is InChI=1S/C25H32N2O3/c1-19-5-7-21(8-6-19)17-26-24(29)25(2)15-4-16-27(18-25)23(28)14-11-20-9-12-22(30-3)13-10-20/h5-10,12-13H,4,11,14-18H2,1-3H3,(H,26,29)/t25-/m0/s1. The van der Waals surface area contributed by atoms with Gasteiger partial charge in [0.2, 0.25) is 11.8 Å². The highest BCUT2D eigenvalue weighted by Gasteiger charge is 2.39. The smallest absolute Gasteiger partial charge is 0.227 e. The molecule has 5 nitrogen and oxygen atoms in total. The first-order valence-electron chi connectivity index (χ1n) is 10.6.